The Labute approximate surface area is 85.1 Å². The standard InChI is InChI=1S/C13H28/c1-7-9-12(8-2)10-13(5,6)11(3)4/h11-12H,7-10H2,1-6H3. The zero-order chi connectivity index (χ0) is 10.5. The minimum Gasteiger partial charge on any atom is -0.0654 e. The molecule has 0 rings (SSSR count). The van der Waals surface area contributed by atoms with E-state index in [1.54, 1.807) is 0 Å². The van der Waals surface area contributed by atoms with Crippen LogP contribution in [0.15, 0.2) is 0 Å². The predicted octanol–water partition coefficient (Wildman–Crippen LogP) is 4.89. The lowest BCUT2D eigenvalue weighted by atomic mass is 9.73. The molecule has 0 saturated heterocycles. The summed E-state index contributed by atoms with van der Waals surface area (Å²) in [5.41, 5.74) is 0.524. The van der Waals surface area contributed by atoms with Gasteiger partial charge < -0.3 is 0 Å². The van der Waals surface area contributed by atoms with Gasteiger partial charge in [-0.15, -0.1) is 0 Å². The third-order valence-electron chi connectivity index (χ3n) is 3.65. The second kappa shape index (κ2) is 5.67. The molecule has 13 heavy (non-hydrogen) atoms. The summed E-state index contributed by atoms with van der Waals surface area (Å²) in [7, 11) is 0. The molecule has 0 radical (unpaired) electrons. The molecular weight excluding hydrogens is 156 g/mol. The van der Waals surface area contributed by atoms with Crippen LogP contribution in [0.5, 0.6) is 0 Å². The normalized spacial score (nSPS) is 15.0. The molecule has 0 aliphatic carbocycles. The Morgan fingerprint density at radius 2 is 1.62 bits per heavy atom. The summed E-state index contributed by atoms with van der Waals surface area (Å²) < 4.78 is 0. The van der Waals surface area contributed by atoms with Crippen LogP contribution in [0.25, 0.3) is 0 Å². The second-order valence-electron chi connectivity index (χ2n) is 5.41. The van der Waals surface area contributed by atoms with Crippen molar-refractivity contribution in [3.8, 4) is 0 Å². The molecule has 0 aromatic rings. The first kappa shape index (κ1) is 13.0. The topological polar surface area (TPSA) is 0 Å². The van der Waals surface area contributed by atoms with Crippen molar-refractivity contribution in [1.29, 1.82) is 0 Å². The molecule has 0 N–H and O–H groups in total. The number of rotatable bonds is 6. The van der Waals surface area contributed by atoms with Crippen LogP contribution in [0.3, 0.4) is 0 Å². The minimum atomic E-state index is 0.524. The average molecular weight is 184 g/mol. The van der Waals surface area contributed by atoms with Crippen LogP contribution < -0.4 is 0 Å². The zero-order valence-corrected chi connectivity index (χ0v) is 10.5. The Morgan fingerprint density at radius 1 is 1.08 bits per heavy atom. The van der Waals surface area contributed by atoms with Gasteiger partial charge in [0.25, 0.3) is 0 Å². The van der Waals surface area contributed by atoms with Gasteiger partial charge in [-0.2, -0.15) is 0 Å². The number of hydrogen-bond acceptors (Lipinski definition) is 0. The summed E-state index contributed by atoms with van der Waals surface area (Å²) in [6, 6.07) is 0. The summed E-state index contributed by atoms with van der Waals surface area (Å²) in [5.74, 6) is 1.75. The molecule has 0 bridgehead atoms. The molecule has 0 aromatic carbocycles. The monoisotopic (exact) mass is 184 g/mol. The van der Waals surface area contributed by atoms with Crippen LogP contribution in [0.1, 0.15) is 67.2 Å². The summed E-state index contributed by atoms with van der Waals surface area (Å²) >= 11 is 0. The van der Waals surface area contributed by atoms with E-state index in [0.29, 0.717) is 5.41 Å². The third kappa shape index (κ3) is 4.69. The van der Waals surface area contributed by atoms with Crippen molar-refractivity contribution in [2.75, 3.05) is 0 Å². The lowest BCUT2D eigenvalue weighted by molar-refractivity contribution is 0.179. The zero-order valence-electron chi connectivity index (χ0n) is 10.5. The summed E-state index contributed by atoms with van der Waals surface area (Å²) in [5, 5.41) is 0. The SMILES string of the molecule is CCCC(CC)CC(C)(C)C(C)C. The molecule has 80 valence electrons. The molecule has 0 spiro atoms. The van der Waals surface area contributed by atoms with Crippen molar-refractivity contribution in [2.45, 2.75) is 67.2 Å². The van der Waals surface area contributed by atoms with Gasteiger partial charge in [-0.05, 0) is 23.7 Å². The van der Waals surface area contributed by atoms with E-state index in [2.05, 4.69) is 41.5 Å². The van der Waals surface area contributed by atoms with E-state index in [0.717, 1.165) is 11.8 Å². The summed E-state index contributed by atoms with van der Waals surface area (Å²) in [6.07, 6.45) is 5.50. The van der Waals surface area contributed by atoms with Crippen LogP contribution in [0.4, 0.5) is 0 Å². The van der Waals surface area contributed by atoms with Crippen molar-refractivity contribution >= 4 is 0 Å². The van der Waals surface area contributed by atoms with Gasteiger partial charge in [-0.3, -0.25) is 0 Å². The highest BCUT2D eigenvalue weighted by Gasteiger charge is 2.25. The highest BCUT2D eigenvalue weighted by Crippen LogP contribution is 2.35. The average Bonchev–Trinajstić information content (AvgIpc) is 2.03. The third-order valence-corrected chi connectivity index (χ3v) is 3.65. The van der Waals surface area contributed by atoms with Gasteiger partial charge >= 0.3 is 0 Å². The molecule has 0 aliphatic heterocycles. The van der Waals surface area contributed by atoms with Crippen LogP contribution in [0.2, 0.25) is 0 Å². The molecular formula is C13H28. The highest BCUT2D eigenvalue weighted by molar-refractivity contribution is 4.75. The molecule has 1 unspecified atom stereocenters. The maximum Gasteiger partial charge on any atom is -0.0329 e. The van der Waals surface area contributed by atoms with E-state index in [1.165, 1.54) is 25.7 Å². The quantitative estimate of drug-likeness (QED) is 0.551. The fraction of sp³-hybridized carbons (Fsp3) is 1.00. The van der Waals surface area contributed by atoms with E-state index in [1.807, 2.05) is 0 Å². The van der Waals surface area contributed by atoms with Gasteiger partial charge in [-0.1, -0.05) is 60.8 Å². The first-order chi connectivity index (χ1) is 5.94. The Hall–Kier alpha value is 0. The molecule has 0 aromatic heterocycles. The minimum absolute atomic E-state index is 0.524. The molecule has 0 fully saturated rings. The van der Waals surface area contributed by atoms with Crippen molar-refractivity contribution in [3.63, 3.8) is 0 Å². The van der Waals surface area contributed by atoms with Crippen LogP contribution in [-0.4, -0.2) is 0 Å². The van der Waals surface area contributed by atoms with E-state index in [4.69, 9.17) is 0 Å². The van der Waals surface area contributed by atoms with Gasteiger partial charge in [0.2, 0.25) is 0 Å². The van der Waals surface area contributed by atoms with Crippen molar-refractivity contribution in [2.24, 2.45) is 17.3 Å². The van der Waals surface area contributed by atoms with Gasteiger partial charge in [0.1, 0.15) is 0 Å². The summed E-state index contributed by atoms with van der Waals surface area (Å²) in [4.78, 5) is 0. The largest absolute Gasteiger partial charge is 0.0654 e. The summed E-state index contributed by atoms with van der Waals surface area (Å²) in [6.45, 7) is 14.1. The van der Waals surface area contributed by atoms with Crippen LogP contribution in [-0.2, 0) is 0 Å². The molecule has 1 atom stereocenters. The lowest BCUT2D eigenvalue weighted by Gasteiger charge is -2.33. The van der Waals surface area contributed by atoms with Gasteiger partial charge in [0.05, 0.1) is 0 Å². The molecule has 0 nitrogen and oxygen atoms in total. The molecule has 0 heteroatoms. The first-order valence-electron chi connectivity index (χ1n) is 5.94. The maximum atomic E-state index is 2.41. The lowest BCUT2D eigenvalue weighted by Crippen LogP contribution is -2.22. The Kier molecular flexibility index (Phi) is 5.67. The Morgan fingerprint density at radius 3 is 1.92 bits per heavy atom. The van der Waals surface area contributed by atoms with E-state index in [9.17, 15) is 0 Å². The van der Waals surface area contributed by atoms with Crippen LogP contribution >= 0.6 is 0 Å². The fourth-order valence-electron chi connectivity index (χ4n) is 1.84. The van der Waals surface area contributed by atoms with Crippen LogP contribution in [0, 0.1) is 17.3 Å². The first-order valence-corrected chi connectivity index (χ1v) is 5.94. The van der Waals surface area contributed by atoms with E-state index >= 15 is 0 Å². The smallest absolute Gasteiger partial charge is 0.0329 e. The second-order valence-corrected chi connectivity index (χ2v) is 5.41. The predicted molar refractivity (Wildman–Crippen MR) is 61.9 cm³/mol. The van der Waals surface area contributed by atoms with Gasteiger partial charge in [0, 0.05) is 0 Å². The Bertz CT molecular complexity index is 122. The van der Waals surface area contributed by atoms with E-state index in [-0.39, 0.29) is 0 Å². The van der Waals surface area contributed by atoms with E-state index < -0.39 is 0 Å². The van der Waals surface area contributed by atoms with Crippen molar-refractivity contribution in [3.05, 3.63) is 0 Å². The molecule has 0 heterocycles. The Balaban J connectivity index is 4.05. The van der Waals surface area contributed by atoms with Crippen molar-refractivity contribution in [1.82, 2.24) is 0 Å². The maximum absolute atomic E-state index is 2.41. The van der Waals surface area contributed by atoms with Gasteiger partial charge in [0.15, 0.2) is 0 Å². The molecule has 0 saturated carbocycles. The van der Waals surface area contributed by atoms with Gasteiger partial charge in [-0.25, -0.2) is 0 Å². The molecule has 0 amide bonds. The highest BCUT2D eigenvalue weighted by atomic mass is 14.3. The number of hydrogen-bond donors (Lipinski definition) is 0. The fourth-order valence-corrected chi connectivity index (χ4v) is 1.84. The molecule has 0 aliphatic rings. The van der Waals surface area contributed by atoms with Crippen molar-refractivity contribution < 1.29 is 0 Å².